The van der Waals surface area contributed by atoms with E-state index in [9.17, 15) is 0 Å². The maximum atomic E-state index is 8.26. The SMILES string of the molecule is [2H]c1cc(C2=NC=C(C([2H])([2H])[2H])C(C)C2[2H])c([2H])c([2H])c1C([2H])([2H])[2H]. The van der Waals surface area contributed by atoms with Gasteiger partial charge in [0.25, 0.3) is 0 Å². The molecule has 78 valence electrons. The van der Waals surface area contributed by atoms with E-state index in [-0.39, 0.29) is 16.8 Å². The van der Waals surface area contributed by atoms with Gasteiger partial charge in [-0.25, -0.2) is 0 Å². The summed E-state index contributed by atoms with van der Waals surface area (Å²) in [5.41, 5.74) is -0.426. The molecule has 1 heterocycles. The van der Waals surface area contributed by atoms with Crippen molar-refractivity contribution in [3.8, 4) is 0 Å². The molecule has 15 heavy (non-hydrogen) atoms. The third kappa shape index (κ3) is 2.17. The predicted molar refractivity (Wildman–Crippen MR) is 65.3 cm³/mol. The van der Waals surface area contributed by atoms with Gasteiger partial charge in [-0.3, -0.25) is 4.99 Å². The molecule has 0 radical (unpaired) electrons. The Bertz CT molecular complexity index is 756. The minimum Gasteiger partial charge on any atom is -0.261 e. The third-order valence-electron chi connectivity index (χ3n) is 2.20. The number of hydrogen-bond donors (Lipinski definition) is 0. The normalized spacial score (nSPS) is 37.1. The first-order chi connectivity index (χ1) is 11.3. The van der Waals surface area contributed by atoms with Crippen molar-refractivity contribution in [2.24, 2.45) is 10.9 Å². The van der Waals surface area contributed by atoms with Crippen molar-refractivity contribution in [2.45, 2.75) is 27.0 Å². The number of nitrogens with zero attached hydrogens (tertiary/aromatic N) is 1. The van der Waals surface area contributed by atoms with Crippen LogP contribution in [0.3, 0.4) is 0 Å². The zero-order valence-corrected chi connectivity index (χ0v) is 8.26. The largest absolute Gasteiger partial charge is 0.261 e. The van der Waals surface area contributed by atoms with Crippen LogP contribution in [0.2, 0.25) is 0 Å². The van der Waals surface area contributed by atoms with Crippen molar-refractivity contribution in [1.29, 1.82) is 0 Å². The van der Waals surface area contributed by atoms with Gasteiger partial charge in [0.1, 0.15) is 0 Å². The number of benzene rings is 1. The topological polar surface area (TPSA) is 12.4 Å². The van der Waals surface area contributed by atoms with Crippen molar-refractivity contribution in [3.05, 3.63) is 47.1 Å². The summed E-state index contributed by atoms with van der Waals surface area (Å²) < 4.78 is 76.8. The van der Waals surface area contributed by atoms with E-state index in [1.165, 1.54) is 0 Å². The van der Waals surface area contributed by atoms with Crippen LogP contribution in [0.5, 0.6) is 0 Å². The second kappa shape index (κ2) is 4.01. The lowest BCUT2D eigenvalue weighted by Crippen LogP contribution is -2.11. The molecule has 1 heteroatoms. The van der Waals surface area contributed by atoms with Crippen LogP contribution < -0.4 is 0 Å². The average molecular weight is 209 g/mol. The zero-order valence-electron chi connectivity index (χ0n) is 18.3. The highest BCUT2D eigenvalue weighted by Crippen LogP contribution is 2.22. The Labute approximate surface area is 106 Å². The summed E-state index contributed by atoms with van der Waals surface area (Å²) in [5.74, 6) is -0.690. The van der Waals surface area contributed by atoms with Gasteiger partial charge in [0, 0.05) is 21.5 Å². The van der Waals surface area contributed by atoms with Gasteiger partial charge in [-0.05, 0) is 31.6 Å². The summed E-state index contributed by atoms with van der Waals surface area (Å²) in [6.45, 7) is -3.52. The molecule has 0 aromatic heterocycles. The van der Waals surface area contributed by atoms with Crippen molar-refractivity contribution in [1.82, 2.24) is 0 Å². The molecule has 0 saturated heterocycles. The highest BCUT2D eigenvalue weighted by Gasteiger charge is 2.14. The van der Waals surface area contributed by atoms with Gasteiger partial charge in [-0.2, -0.15) is 0 Å². The van der Waals surface area contributed by atoms with Crippen LogP contribution in [-0.4, -0.2) is 5.71 Å². The molecule has 0 spiro atoms. The summed E-state index contributed by atoms with van der Waals surface area (Å²) in [7, 11) is 0. The van der Waals surface area contributed by atoms with E-state index in [0.29, 0.717) is 0 Å². The fourth-order valence-electron chi connectivity index (χ4n) is 1.27. The lowest BCUT2D eigenvalue weighted by molar-refractivity contribution is 0.702. The van der Waals surface area contributed by atoms with E-state index in [2.05, 4.69) is 4.99 Å². The molecule has 0 fully saturated rings. The van der Waals surface area contributed by atoms with Crippen LogP contribution in [0, 0.1) is 12.8 Å². The van der Waals surface area contributed by atoms with Crippen LogP contribution in [0.4, 0.5) is 0 Å². The minimum absolute atomic E-state index is 0.00990. The highest BCUT2D eigenvalue weighted by molar-refractivity contribution is 6.01. The van der Waals surface area contributed by atoms with Crippen LogP contribution in [-0.2, 0) is 0 Å². The molecule has 0 amide bonds. The van der Waals surface area contributed by atoms with Gasteiger partial charge in [-0.15, -0.1) is 0 Å². The quantitative estimate of drug-likeness (QED) is 0.668. The smallest absolute Gasteiger partial charge is 0.0630 e. The molecule has 1 aromatic carbocycles. The van der Waals surface area contributed by atoms with Crippen molar-refractivity contribution >= 4 is 5.71 Å². The first kappa shape index (κ1) is 3.58. The summed E-state index contributed by atoms with van der Waals surface area (Å²) in [4.78, 5) is 3.99. The Balaban J connectivity index is 2.64. The molecule has 2 atom stereocenters. The number of allylic oxidation sites excluding steroid dienone is 1. The van der Waals surface area contributed by atoms with Crippen LogP contribution in [0.15, 0.2) is 41.0 Å². The minimum atomic E-state index is -2.70. The fraction of sp³-hybridized carbons (Fsp3) is 0.357. The predicted octanol–water partition coefficient (Wildman–Crippen LogP) is 3.73. The lowest BCUT2D eigenvalue weighted by Gasteiger charge is -2.18. The van der Waals surface area contributed by atoms with Gasteiger partial charge in [0.2, 0.25) is 0 Å². The summed E-state index contributed by atoms with van der Waals surface area (Å²) in [5, 5.41) is 0. The van der Waals surface area contributed by atoms with Crippen LogP contribution in [0.1, 0.15) is 45.0 Å². The Morgan fingerprint density at radius 2 is 2.40 bits per heavy atom. The maximum absolute atomic E-state index is 8.26. The Kier molecular flexibility index (Phi) is 0.959. The molecule has 1 aliphatic rings. The van der Waals surface area contributed by atoms with Gasteiger partial charge in [0.15, 0.2) is 0 Å². The molecule has 0 N–H and O–H groups in total. The van der Waals surface area contributed by atoms with Crippen molar-refractivity contribution in [3.63, 3.8) is 0 Å². The van der Waals surface area contributed by atoms with E-state index >= 15 is 0 Å². The summed E-state index contributed by atoms with van der Waals surface area (Å²) >= 11 is 0. The van der Waals surface area contributed by atoms with Gasteiger partial charge < -0.3 is 0 Å². The summed E-state index contributed by atoms with van der Waals surface area (Å²) in [6, 6.07) is -0.348. The number of aliphatic imine (C=N–C) groups is 1. The van der Waals surface area contributed by atoms with Crippen LogP contribution >= 0.6 is 0 Å². The second-order valence-corrected chi connectivity index (χ2v) is 3.38. The third-order valence-corrected chi connectivity index (χ3v) is 2.20. The maximum Gasteiger partial charge on any atom is 0.0630 e. The fourth-order valence-corrected chi connectivity index (χ4v) is 1.27. The van der Waals surface area contributed by atoms with Crippen molar-refractivity contribution in [2.75, 3.05) is 0 Å². The van der Waals surface area contributed by atoms with Gasteiger partial charge in [-0.1, -0.05) is 42.3 Å². The Hall–Kier alpha value is -1.37. The second-order valence-electron chi connectivity index (χ2n) is 3.38. The molecule has 0 bridgehead atoms. The molecular weight excluding hydrogens is 182 g/mol. The zero-order chi connectivity index (χ0) is 19.3. The first-order valence-corrected chi connectivity index (χ1v) is 4.59. The molecule has 2 rings (SSSR count). The van der Waals surface area contributed by atoms with E-state index in [1.807, 2.05) is 0 Å². The van der Waals surface area contributed by atoms with Gasteiger partial charge in [0.05, 0.1) is 4.11 Å². The monoisotopic (exact) mass is 209 g/mol. The molecule has 0 aliphatic carbocycles. The van der Waals surface area contributed by atoms with E-state index < -0.39 is 49.7 Å². The molecule has 2 unspecified atom stereocenters. The lowest BCUT2D eigenvalue weighted by atomic mass is 9.91. The first-order valence-electron chi connectivity index (χ1n) is 9.66. The average Bonchev–Trinajstić information content (AvgIpc) is 2.43. The van der Waals surface area contributed by atoms with E-state index in [4.69, 9.17) is 13.7 Å². The Morgan fingerprint density at radius 1 is 1.47 bits per heavy atom. The number of hydrogen-bond acceptors (Lipinski definition) is 1. The molecule has 1 aromatic rings. The molecular formula is C14H17N. The molecule has 1 aliphatic heterocycles. The van der Waals surface area contributed by atoms with E-state index in [1.54, 1.807) is 6.92 Å². The Morgan fingerprint density at radius 3 is 3.20 bits per heavy atom. The molecule has 0 saturated carbocycles. The highest BCUT2D eigenvalue weighted by atomic mass is 14.7. The van der Waals surface area contributed by atoms with Crippen LogP contribution in [0.25, 0.3) is 0 Å². The van der Waals surface area contributed by atoms with E-state index in [0.717, 1.165) is 12.3 Å². The van der Waals surface area contributed by atoms with Gasteiger partial charge >= 0.3 is 0 Å². The standard InChI is InChI=1S/C14H17N/c1-10-4-6-13(7-5-10)14-8-11(2)12(3)9-15-14/h4-7,9,11H,8H2,1-3H3/i1D3,3D3,4D,5D,6D,8D. The molecule has 1 nitrogen and oxygen atoms in total. The summed E-state index contributed by atoms with van der Waals surface area (Å²) in [6.07, 6.45) is 0.0458. The number of rotatable bonds is 1. The van der Waals surface area contributed by atoms with Crippen molar-refractivity contribution < 1.29 is 13.7 Å².